The molecule has 0 saturated carbocycles. The molecule has 1 aromatic rings. The predicted molar refractivity (Wildman–Crippen MR) is 142 cm³/mol. The van der Waals surface area contributed by atoms with Gasteiger partial charge in [-0.1, -0.05) is 37.6 Å². The Morgan fingerprint density at radius 3 is 2.77 bits per heavy atom. The molecule has 0 bridgehead atoms. The standard InChI is InChI=1S/C28H36ClN3O3/c1-7-9-14-32(6)20-12-10-19(11-13-20)23-16-24-25(17-28(23,5)29)31-27(30-24)35-21(8-2)15-22(18(3)4)26(33)34/h8,10,12-13,15-16,19H,2,7,9,11,14,17H2,1,3-6H3,(H,30,31)(H,33,34)/b21-15+. The van der Waals surface area contributed by atoms with Crippen LogP contribution in [-0.2, 0) is 11.2 Å². The number of imidazole rings is 1. The fourth-order valence-electron chi connectivity index (χ4n) is 4.38. The molecule has 1 aromatic heterocycles. The number of carbonyl (C=O) groups is 1. The molecule has 2 aliphatic rings. The van der Waals surface area contributed by atoms with Crippen LogP contribution in [0.5, 0.6) is 6.01 Å². The first-order chi connectivity index (χ1) is 16.6. The van der Waals surface area contributed by atoms with Gasteiger partial charge in [0.2, 0.25) is 0 Å². The average Bonchev–Trinajstić information content (AvgIpc) is 3.18. The number of nitrogens with zero attached hydrogens (tertiary/aromatic N) is 2. The Morgan fingerprint density at radius 1 is 1.46 bits per heavy atom. The van der Waals surface area contributed by atoms with Crippen molar-refractivity contribution in [2.45, 2.75) is 58.3 Å². The van der Waals surface area contributed by atoms with Gasteiger partial charge in [-0.2, -0.15) is 4.98 Å². The number of carboxylic acid groups (broad SMARTS) is 1. The van der Waals surface area contributed by atoms with Gasteiger partial charge < -0.3 is 19.7 Å². The van der Waals surface area contributed by atoms with Gasteiger partial charge in [0.1, 0.15) is 5.76 Å². The molecule has 0 aliphatic heterocycles. The summed E-state index contributed by atoms with van der Waals surface area (Å²) in [4.78, 5) is 21.1. The summed E-state index contributed by atoms with van der Waals surface area (Å²) in [5.74, 6) is -0.520. The van der Waals surface area contributed by atoms with Crippen LogP contribution in [0, 0.1) is 5.92 Å². The summed E-state index contributed by atoms with van der Waals surface area (Å²) in [6, 6.07) is 0.281. The Morgan fingerprint density at radius 2 is 2.20 bits per heavy atom. The number of aromatic amines is 1. The molecule has 2 N–H and O–H groups in total. The number of ether oxygens (including phenoxy) is 1. The van der Waals surface area contributed by atoms with Gasteiger partial charge in [0.05, 0.1) is 16.1 Å². The summed E-state index contributed by atoms with van der Waals surface area (Å²) in [5.41, 5.74) is 4.88. The minimum absolute atomic E-state index is 0.156. The number of halogens is 1. The second kappa shape index (κ2) is 11.2. The maximum atomic E-state index is 11.5. The number of hydrogen-bond donors (Lipinski definition) is 2. The SMILES string of the molecule is C=C/C(=C\C(C(=O)O)=C(C)C)Oc1nc2c([nH]1)CC(C)(Cl)C(C1C=CC(N(C)CCCC)=CC1)=C2. The maximum Gasteiger partial charge on any atom is 0.335 e. The van der Waals surface area contributed by atoms with Crippen molar-refractivity contribution in [1.82, 2.24) is 14.9 Å². The molecule has 0 fully saturated rings. The number of unbranched alkanes of at least 4 members (excludes halogenated alkanes) is 1. The lowest BCUT2D eigenvalue weighted by molar-refractivity contribution is -0.132. The molecular formula is C28H36ClN3O3. The van der Waals surface area contributed by atoms with Crippen LogP contribution in [0.3, 0.4) is 0 Å². The van der Waals surface area contributed by atoms with E-state index in [1.165, 1.54) is 30.7 Å². The molecule has 2 aliphatic carbocycles. The number of alkyl halides is 1. The Hall–Kier alpha value is -2.99. The lowest BCUT2D eigenvalue weighted by Crippen LogP contribution is -2.31. The highest BCUT2D eigenvalue weighted by molar-refractivity contribution is 6.26. The van der Waals surface area contributed by atoms with E-state index in [9.17, 15) is 9.90 Å². The topological polar surface area (TPSA) is 78.5 Å². The third-order valence-corrected chi connectivity index (χ3v) is 6.78. The summed E-state index contributed by atoms with van der Waals surface area (Å²) in [6.07, 6.45) is 15.5. The predicted octanol–water partition coefficient (Wildman–Crippen LogP) is 6.41. The van der Waals surface area contributed by atoms with E-state index in [2.05, 4.69) is 59.7 Å². The monoisotopic (exact) mass is 497 g/mol. The molecule has 0 amide bonds. The zero-order valence-electron chi connectivity index (χ0n) is 21.3. The highest BCUT2D eigenvalue weighted by Crippen LogP contribution is 2.43. The van der Waals surface area contributed by atoms with Crippen molar-refractivity contribution < 1.29 is 14.6 Å². The fraction of sp³-hybridized carbons (Fsp3) is 0.429. The van der Waals surface area contributed by atoms with E-state index in [-0.39, 0.29) is 17.5 Å². The first-order valence-corrected chi connectivity index (χ1v) is 12.5. The number of carboxylic acids is 1. The van der Waals surface area contributed by atoms with Crippen molar-refractivity contribution in [3.63, 3.8) is 0 Å². The Bertz CT molecular complexity index is 1130. The van der Waals surface area contributed by atoms with Crippen molar-refractivity contribution in [2.24, 2.45) is 5.92 Å². The molecule has 3 rings (SSSR count). The fourth-order valence-corrected chi connectivity index (χ4v) is 4.71. The van der Waals surface area contributed by atoms with Crippen LogP contribution in [0.2, 0.25) is 0 Å². The van der Waals surface area contributed by atoms with Gasteiger partial charge in [0, 0.05) is 37.3 Å². The first kappa shape index (κ1) is 26.6. The van der Waals surface area contributed by atoms with E-state index in [4.69, 9.17) is 16.3 Å². The largest absolute Gasteiger partial charge is 0.478 e. The van der Waals surface area contributed by atoms with Gasteiger partial charge >= 0.3 is 5.97 Å². The number of likely N-dealkylation sites (N-methyl/N-ethyl adjacent to an activating group) is 1. The number of nitrogens with one attached hydrogen (secondary N) is 1. The number of rotatable bonds is 10. The van der Waals surface area contributed by atoms with Gasteiger partial charge in [-0.3, -0.25) is 0 Å². The van der Waals surface area contributed by atoms with Crippen LogP contribution >= 0.6 is 11.6 Å². The van der Waals surface area contributed by atoms with Crippen LogP contribution in [0.1, 0.15) is 58.3 Å². The van der Waals surface area contributed by atoms with Crippen LogP contribution in [0.25, 0.3) is 6.08 Å². The third-order valence-electron chi connectivity index (χ3n) is 6.43. The van der Waals surface area contributed by atoms with Crippen LogP contribution in [0.4, 0.5) is 0 Å². The molecule has 188 valence electrons. The number of aliphatic carboxylic acids is 1. The van der Waals surface area contributed by atoms with E-state index in [0.717, 1.165) is 29.9 Å². The van der Waals surface area contributed by atoms with Crippen LogP contribution < -0.4 is 4.74 Å². The molecule has 1 heterocycles. The van der Waals surface area contributed by atoms with Crippen LogP contribution in [-0.4, -0.2) is 44.4 Å². The second-order valence-corrected chi connectivity index (χ2v) is 10.4. The summed E-state index contributed by atoms with van der Waals surface area (Å²) < 4.78 is 5.85. The van der Waals surface area contributed by atoms with Gasteiger partial charge in [-0.15, -0.1) is 11.6 Å². The van der Waals surface area contributed by atoms with E-state index in [1.807, 2.05) is 6.92 Å². The molecule has 2 unspecified atom stereocenters. The number of aromatic nitrogens is 2. The van der Waals surface area contributed by atoms with Crippen molar-refractivity contribution in [1.29, 1.82) is 0 Å². The van der Waals surface area contributed by atoms with Gasteiger partial charge in [-0.25, -0.2) is 4.79 Å². The summed E-state index contributed by atoms with van der Waals surface area (Å²) in [6.45, 7) is 12.5. The third kappa shape index (κ3) is 6.37. The maximum absolute atomic E-state index is 11.5. The molecule has 0 spiro atoms. The Labute approximate surface area is 213 Å². The minimum Gasteiger partial charge on any atom is -0.478 e. The smallest absolute Gasteiger partial charge is 0.335 e. The van der Waals surface area contributed by atoms with Gasteiger partial charge in [-0.05, 0) is 63.5 Å². The number of fused-ring (bicyclic) bond motifs is 1. The number of H-pyrrole nitrogens is 1. The lowest BCUT2D eigenvalue weighted by atomic mass is 9.78. The number of hydrogen-bond acceptors (Lipinski definition) is 4. The molecule has 35 heavy (non-hydrogen) atoms. The quantitative estimate of drug-likeness (QED) is 0.169. The van der Waals surface area contributed by atoms with E-state index >= 15 is 0 Å². The summed E-state index contributed by atoms with van der Waals surface area (Å²) >= 11 is 7.03. The first-order valence-electron chi connectivity index (χ1n) is 12.1. The number of allylic oxidation sites excluding steroid dienone is 6. The summed E-state index contributed by atoms with van der Waals surface area (Å²) in [5, 5.41) is 9.43. The normalized spacial score (nSPS) is 21.5. The zero-order chi connectivity index (χ0) is 25.8. The van der Waals surface area contributed by atoms with Crippen molar-refractivity contribution in [2.75, 3.05) is 13.6 Å². The summed E-state index contributed by atoms with van der Waals surface area (Å²) in [7, 11) is 2.14. The lowest BCUT2D eigenvalue weighted by Gasteiger charge is -2.34. The molecule has 2 atom stereocenters. The van der Waals surface area contributed by atoms with Gasteiger partial charge in [0.15, 0.2) is 0 Å². The van der Waals surface area contributed by atoms with Crippen molar-refractivity contribution in [3.05, 3.63) is 76.5 Å². The minimum atomic E-state index is -1.02. The van der Waals surface area contributed by atoms with E-state index in [1.54, 1.807) is 13.8 Å². The zero-order valence-corrected chi connectivity index (χ0v) is 22.1. The van der Waals surface area contributed by atoms with Crippen LogP contribution in [0.15, 0.2) is 65.1 Å². The second-order valence-electron chi connectivity index (χ2n) is 9.56. The molecule has 0 radical (unpaired) electrons. The Kier molecular flexibility index (Phi) is 8.49. The van der Waals surface area contributed by atoms with Crippen molar-refractivity contribution >= 4 is 23.6 Å². The highest BCUT2D eigenvalue weighted by atomic mass is 35.5. The molecule has 0 saturated heterocycles. The van der Waals surface area contributed by atoms with Crippen molar-refractivity contribution in [3.8, 4) is 6.01 Å². The Balaban J connectivity index is 1.81. The molecule has 6 nitrogen and oxygen atoms in total. The average molecular weight is 498 g/mol. The van der Waals surface area contributed by atoms with Gasteiger partial charge in [0.25, 0.3) is 6.01 Å². The molecular weight excluding hydrogens is 462 g/mol. The van der Waals surface area contributed by atoms with E-state index < -0.39 is 10.8 Å². The molecule has 7 heteroatoms. The highest BCUT2D eigenvalue weighted by Gasteiger charge is 2.36. The van der Waals surface area contributed by atoms with E-state index in [0.29, 0.717) is 17.8 Å². The molecule has 0 aromatic carbocycles.